The summed E-state index contributed by atoms with van der Waals surface area (Å²) in [5.74, 6) is 0. The molecule has 1 saturated heterocycles. The van der Waals surface area contributed by atoms with Crippen LogP contribution in [0.2, 0.25) is 0 Å². The van der Waals surface area contributed by atoms with E-state index in [4.69, 9.17) is 0 Å². The van der Waals surface area contributed by atoms with Gasteiger partial charge in [-0.05, 0) is 70.1 Å². The molecule has 17 heavy (non-hydrogen) atoms. The maximum Gasteiger partial charge on any atom is 0.00382 e. The molecule has 0 radical (unpaired) electrons. The van der Waals surface area contributed by atoms with Crippen LogP contribution in [0.4, 0.5) is 0 Å². The van der Waals surface area contributed by atoms with Crippen LogP contribution in [0.15, 0.2) is 0 Å². The van der Waals surface area contributed by atoms with Crippen LogP contribution in [0.3, 0.4) is 0 Å². The smallest absolute Gasteiger partial charge is 0.00382 e. The van der Waals surface area contributed by atoms with Gasteiger partial charge in [0.05, 0.1) is 0 Å². The Labute approximate surface area is 108 Å². The van der Waals surface area contributed by atoms with E-state index in [1.54, 1.807) is 0 Å². The van der Waals surface area contributed by atoms with Gasteiger partial charge >= 0.3 is 0 Å². The van der Waals surface area contributed by atoms with Crippen molar-refractivity contribution in [1.82, 2.24) is 10.2 Å². The Kier molecular flexibility index (Phi) is 7.14. The van der Waals surface area contributed by atoms with Crippen molar-refractivity contribution in [1.29, 1.82) is 0 Å². The molecule has 2 heteroatoms. The Morgan fingerprint density at radius 3 is 2.41 bits per heavy atom. The second-order valence-electron chi connectivity index (χ2n) is 5.69. The molecule has 2 nitrogen and oxygen atoms in total. The minimum absolute atomic E-state index is 0.653. The minimum Gasteiger partial charge on any atom is -0.317 e. The topological polar surface area (TPSA) is 15.3 Å². The van der Waals surface area contributed by atoms with Crippen molar-refractivity contribution in [3.63, 3.8) is 0 Å². The molecule has 1 aliphatic heterocycles. The maximum atomic E-state index is 3.48. The lowest BCUT2D eigenvalue weighted by Crippen LogP contribution is -2.27. The quantitative estimate of drug-likeness (QED) is 0.622. The van der Waals surface area contributed by atoms with E-state index >= 15 is 0 Å². The van der Waals surface area contributed by atoms with Gasteiger partial charge in [-0.1, -0.05) is 20.8 Å². The van der Waals surface area contributed by atoms with E-state index in [0.29, 0.717) is 5.41 Å². The van der Waals surface area contributed by atoms with Gasteiger partial charge in [-0.2, -0.15) is 0 Å². The largest absolute Gasteiger partial charge is 0.317 e. The number of hydrogen-bond donors (Lipinski definition) is 1. The number of unbranched alkanes of at least 4 members (excludes halogenated alkanes) is 1. The summed E-state index contributed by atoms with van der Waals surface area (Å²) in [7, 11) is 0. The molecule has 1 fully saturated rings. The lowest BCUT2D eigenvalue weighted by Gasteiger charge is -2.26. The molecule has 0 spiro atoms. The average molecular weight is 240 g/mol. The van der Waals surface area contributed by atoms with Crippen molar-refractivity contribution in [2.75, 3.05) is 32.7 Å². The summed E-state index contributed by atoms with van der Waals surface area (Å²) in [4.78, 5) is 2.69. The highest BCUT2D eigenvalue weighted by molar-refractivity contribution is 4.87. The van der Waals surface area contributed by atoms with E-state index in [9.17, 15) is 0 Å². The number of rotatable bonds is 9. The van der Waals surface area contributed by atoms with Crippen molar-refractivity contribution in [2.24, 2.45) is 5.41 Å². The molecule has 0 atom stereocenters. The molecular weight excluding hydrogens is 208 g/mol. The van der Waals surface area contributed by atoms with E-state index in [1.165, 1.54) is 71.2 Å². The summed E-state index contributed by atoms with van der Waals surface area (Å²) in [5.41, 5.74) is 0.653. The standard InChI is InChI=1S/C15H32N2/c1-4-10-16-11-7-8-12-17-13-9-15(5-2,6-3)14-17/h16H,4-14H2,1-3H3. The first-order valence-electron chi connectivity index (χ1n) is 7.69. The monoisotopic (exact) mass is 240 g/mol. The zero-order valence-electron chi connectivity index (χ0n) is 12.2. The Balaban J connectivity index is 2.06. The van der Waals surface area contributed by atoms with E-state index in [0.717, 1.165) is 0 Å². The predicted octanol–water partition coefficient (Wildman–Crippen LogP) is 3.28. The average Bonchev–Trinajstić information content (AvgIpc) is 2.78. The Morgan fingerprint density at radius 1 is 1.06 bits per heavy atom. The number of likely N-dealkylation sites (tertiary alicyclic amines) is 1. The van der Waals surface area contributed by atoms with E-state index < -0.39 is 0 Å². The summed E-state index contributed by atoms with van der Waals surface area (Å²) in [5, 5.41) is 3.48. The molecule has 0 aromatic rings. The van der Waals surface area contributed by atoms with Gasteiger partial charge in [0.15, 0.2) is 0 Å². The normalized spacial score (nSPS) is 19.9. The van der Waals surface area contributed by atoms with Crippen LogP contribution in [0.5, 0.6) is 0 Å². The fourth-order valence-electron chi connectivity index (χ4n) is 2.93. The first-order chi connectivity index (χ1) is 8.26. The molecule has 0 aliphatic carbocycles. The zero-order valence-corrected chi connectivity index (χ0v) is 12.2. The first-order valence-corrected chi connectivity index (χ1v) is 7.69. The van der Waals surface area contributed by atoms with Crippen LogP contribution in [-0.2, 0) is 0 Å². The number of nitrogens with zero attached hydrogens (tertiary/aromatic N) is 1. The lowest BCUT2D eigenvalue weighted by atomic mass is 9.82. The highest BCUT2D eigenvalue weighted by Crippen LogP contribution is 2.36. The lowest BCUT2D eigenvalue weighted by molar-refractivity contribution is 0.238. The fourth-order valence-corrected chi connectivity index (χ4v) is 2.93. The molecule has 0 aromatic heterocycles. The molecule has 1 aliphatic rings. The van der Waals surface area contributed by atoms with Crippen molar-refractivity contribution in [3.8, 4) is 0 Å². The maximum absolute atomic E-state index is 3.48. The van der Waals surface area contributed by atoms with Gasteiger partial charge in [0.2, 0.25) is 0 Å². The summed E-state index contributed by atoms with van der Waals surface area (Å²) in [6.07, 6.45) is 8.09. The van der Waals surface area contributed by atoms with Crippen molar-refractivity contribution >= 4 is 0 Å². The van der Waals surface area contributed by atoms with Crippen molar-refractivity contribution in [3.05, 3.63) is 0 Å². The molecule has 1 N–H and O–H groups in total. The molecule has 102 valence electrons. The molecule has 0 bridgehead atoms. The van der Waals surface area contributed by atoms with E-state index in [1.807, 2.05) is 0 Å². The first kappa shape index (κ1) is 15.0. The predicted molar refractivity (Wildman–Crippen MR) is 76.5 cm³/mol. The third kappa shape index (κ3) is 4.97. The van der Waals surface area contributed by atoms with Crippen LogP contribution in [0.1, 0.15) is 59.3 Å². The van der Waals surface area contributed by atoms with Crippen LogP contribution in [0.25, 0.3) is 0 Å². The fraction of sp³-hybridized carbons (Fsp3) is 1.00. The van der Waals surface area contributed by atoms with Crippen LogP contribution in [-0.4, -0.2) is 37.6 Å². The van der Waals surface area contributed by atoms with Gasteiger partial charge in [-0.3, -0.25) is 0 Å². The Hall–Kier alpha value is -0.0800. The third-order valence-corrected chi connectivity index (χ3v) is 4.52. The molecular formula is C15H32N2. The van der Waals surface area contributed by atoms with Crippen LogP contribution in [0, 0.1) is 5.41 Å². The summed E-state index contributed by atoms with van der Waals surface area (Å²) < 4.78 is 0. The van der Waals surface area contributed by atoms with Gasteiger partial charge in [-0.15, -0.1) is 0 Å². The van der Waals surface area contributed by atoms with Gasteiger partial charge in [-0.25, -0.2) is 0 Å². The van der Waals surface area contributed by atoms with Gasteiger partial charge in [0, 0.05) is 6.54 Å². The molecule has 0 aromatic carbocycles. The zero-order chi connectivity index (χ0) is 12.6. The molecule has 0 unspecified atom stereocenters. The highest BCUT2D eigenvalue weighted by atomic mass is 15.2. The van der Waals surface area contributed by atoms with E-state index in [-0.39, 0.29) is 0 Å². The summed E-state index contributed by atoms with van der Waals surface area (Å²) in [6, 6.07) is 0. The second-order valence-corrected chi connectivity index (χ2v) is 5.69. The molecule has 1 rings (SSSR count). The Bertz CT molecular complexity index is 187. The van der Waals surface area contributed by atoms with Crippen molar-refractivity contribution in [2.45, 2.75) is 59.3 Å². The van der Waals surface area contributed by atoms with Crippen molar-refractivity contribution < 1.29 is 0 Å². The van der Waals surface area contributed by atoms with Gasteiger partial charge in [0.1, 0.15) is 0 Å². The van der Waals surface area contributed by atoms with Crippen LogP contribution < -0.4 is 5.32 Å². The van der Waals surface area contributed by atoms with Crippen LogP contribution >= 0.6 is 0 Å². The highest BCUT2D eigenvalue weighted by Gasteiger charge is 2.34. The third-order valence-electron chi connectivity index (χ3n) is 4.52. The Morgan fingerprint density at radius 2 is 1.82 bits per heavy atom. The van der Waals surface area contributed by atoms with Gasteiger partial charge in [0.25, 0.3) is 0 Å². The van der Waals surface area contributed by atoms with E-state index in [2.05, 4.69) is 31.0 Å². The number of hydrogen-bond acceptors (Lipinski definition) is 2. The second kappa shape index (κ2) is 8.10. The molecule has 1 heterocycles. The summed E-state index contributed by atoms with van der Waals surface area (Å²) >= 11 is 0. The minimum atomic E-state index is 0.653. The molecule has 0 amide bonds. The molecule has 0 saturated carbocycles. The SMILES string of the molecule is CCCNCCCCN1CCC(CC)(CC)C1. The van der Waals surface area contributed by atoms with Gasteiger partial charge < -0.3 is 10.2 Å². The number of nitrogens with one attached hydrogen (secondary N) is 1. The summed E-state index contributed by atoms with van der Waals surface area (Å²) in [6.45, 7) is 13.3.